The van der Waals surface area contributed by atoms with Gasteiger partial charge in [0, 0.05) is 29.5 Å². The van der Waals surface area contributed by atoms with Crippen molar-refractivity contribution in [2.75, 3.05) is 14.1 Å². The summed E-state index contributed by atoms with van der Waals surface area (Å²) in [5.41, 5.74) is 1.61. The van der Waals surface area contributed by atoms with Gasteiger partial charge in [-0.15, -0.1) is 11.3 Å². The van der Waals surface area contributed by atoms with E-state index in [0.717, 1.165) is 15.6 Å². The van der Waals surface area contributed by atoms with Crippen molar-refractivity contribution in [3.63, 3.8) is 0 Å². The first-order chi connectivity index (χ1) is 11.0. The van der Waals surface area contributed by atoms with Crippen molar-refractivity contribution in [1.82, 2.24) is 14.5 Å². The first kappa shape index (κ1) is 15.9. The fraction of sp³-hybridized carbons (Fsp3) is 0.188. The molecule has 0 aliphatic heterocycles. The molecule has 0 saturated carbocycles. The van der Waals surface area contributed by atoms with Crippen molar-refractivity contribution in [3.8, 4) is 11.1 Å². The normalized spacial score (nSPS) is 10.9. The minimum Gasteiger partial charge on any atom is -0.347 e. The van der Waals surface area contributed by atoms with Crippen molar-refractivity contribution in [2.24, 2.45) is 0 Å². The van der Waals surface area contributed by atoms with Gasteiger partial charge in [-0.05, 0) is 17.7 Å². The number of hydrogen-bond donors (Lipinski definition) is 0. The summed E-state index contributed by atoms with van der Waals surface area (Å²) >= 11 is 4.84. The number of carbonyl (C=O) groups is 1. The summed E-state index contributed by atoms with van der Waals surface area (Å²) in [6.45, 7) is -0.00953. The Morgan fingerprint density at radius 3 is 2.65 bits per heavy atom. The van der Waals surface area contributed by atoms with Crippen molar-refractivity contribution >= 4 is 43.4 Å². The number of benzene rings is 1. The molecule has 5 nitrogen and oxygen atoms in total. The van der Waals surface area contributed by atoms with Crippen LogP contribution in [0.25, 0.3) is 21.3 Å². The number of hydrogen-bond acceptors (Lipinski definition) is 4. The molecule has 0 N–H and O–H groups in total. The Morgan fingerprint density at radius 1 is 1.30 bits per heavy atom. The standard InChI is InChI=1S/C16H14BrN3O2S/c1-19(2)13(21)7-20-9-18-15-14(16(20)22)12(8-23-15)10-3-5-11(17)6-4-10/h3-6,8-9H,7H2,1-2H3. The zero-order valence-electron chi connectivity index (χ0n) is 12.6. The molecule has 0 fully saturated rings. The number of likely N-dealkylation sites (N-methyl/N-ethyl adjacent to an activating group) is 1. The molecule has 0 spiro atoms. The van der Waals surface area contributed by atoms with Gasteiger partial charge >= 0.3 is 0 Å². The summed E-state index contributed by atoms with van der Waals surface area (Å²) in [6.07, 6.45) is 1.44. The third kappa shape index (κ3) is 3.07. The summed E-state index contributed by atoms with van der Waals surface area (Å²) < 4.78 is 2.34. The SMILES string of the molecule is CN(C)C(=O)Cn1cnc2scc(-c3ccc(Br)cc3)c2c1=O. The lowest BCUT2D eigenvalue weighted by Gasteiger charge is -2.11. The molecule has 23 heavy (non-hydrogen) atoms. The fourth-order valence-electron chi connectivity index (χ4n) is 2.21. The van der Waals surface area contributed by atoms with E-state index in [2.05, 4.69) is 20.9 Å². The Hall–Kier alpha value is -1.99. The number of nitrogens with zero attached hydrogens (tertiary/aromatic N) is 3. The smallest absolute Gasteiger partial charge is 0.263 e. The second kappa shape index (κ2) is 6.25. The average Bonchev–Trinajstić information content (AvgIpc) is 2.95. The third-order valence-electron chi connectivity index (χ3n) is 3.52. The Bertz CT molecular complexity index is 929. The van der Waals surface area contributed by atoms with Crippen LogP contribution in [-0.4, -0.2) is 34.5 Å². The Balaban J connectivity index is 2.13. The molecule has 1 amide bonds. The van der Waals surface area contributed by atoms with Crippen molar-refractivity contribution < 1.29 is 4.79 Å². The molecule has 1 aromatic carbocycles. The van der Waals surface area contributed by atoms with E-state index in [1.165, 1.54) is 27.1 Å². The van der Waals surface area contributed by atoms with Gasteiger partial charge in [-0.2, -0.15) is 0 Å². The predicted molar refractivity (Wildman–Crippen MR) is 95.7 cm³/mol. The Labute approximate surface area is 145 Å². The number of rotatable bonds is 3. The van der Waals surface area contributed by atoms with E-state index in [9.17, 15) is 9.59 Å². The Morgan fingerprint density at radius 2 is 2.00 bits per heavy atom. The highest BCUT2D eigenvalue weighted by Gasteiger charge is 2.15. The van der Waals surface area contributed by atoms with Gasteiger partial charge in [-0.3, -0.25) is 14.2 Å². The van der Waals surface area contributed by atoms with Crippen LogP contribution in [0.15, 0.2) is 45.2 Å². The molecule has 3 rings (SSSR count). The van der Waals surface area contributed by atoms with Crippen LogP contribution in [0.1, 0.15) is 0 Å². The third-order valence-corrected chi connectivity index (χ3v) is 4.94. The van der Waals surface area contributed by atoms with Crippen LogP contribution in [0, 0.1) is 0 Å². The molecule has 0 aliphatic carbocycles. The minimum atomic E-state index is -0.190. The van der Waals surface area contributed by atoms with E-state index >= 15 is 0 Å². The first-order valence-electron chi connectivity index (χ1n) is 6.90. The van der Waals surface area contributed by atoms with Gasteiger partial charge in [-0.1, -0.05) is 28.1 Å². The maximum atomic E-state index is 12.8. The van der Waals surface area contributed by atoms with E-state index < -0.39 is 0 Å². The average molecular weight is 392 g/mol. The van der Waals surface area contributed by atoms with Gasteiger partial charge in [0.25, 0.3) is 5.56 Å². The van der Waals surface area contributed by atoms with E-state index in [4.69, 9.17) is 0 Å². The van der Waals surface area contributed by atoms with E-state index in [1.807, 2.05) is 29.6 Å². The molecule has 3 aromatic rings. The number of amides is 1. The van der Waals surface area contributed by atoms with Crippen molar-refractivity contribution in [2.45, 2.75) is 6.54 Å². The van der Waals surface area contributed by atoms with Gasteiger partial charge < -0.3 is 4.90 Å². The monoisotopic (exact) mass is 391 g/mol. The first-order valence-corrected chi connectivity index (χ1v) is 8.57. The molecule has 0 aliphatic rings. The summed E-state index contributed by atoms with van der Waals surface area (Å²) in [5, 5.41) is 2.49. The molecule has 0 atom stereocenters. The van der Waals surface area contributed by atoms with Crippen LogP contribution in [0.2, 0.25) is 0 Å². The second-order valence-corrected chi connectivity index (χ2v) is 7.08. The van der Waals surface area contributed by atoms with E-state index in [1.54, 1.807) is 14.1 Å². The Kier molecular flexibility index (Phi) is 4.32. The maximum absolute atomic E-state index is 12.8. The number of aromatic nitrogens is 2. The highest BCUT2D eigenvalue weighted by atomic mass is 79.9. The van der Waals surface area contributed by atoms with Crippen LogP contribution in [0.3, 0.4) is 0 Å². The number of fused-ring (bicyclic) bond motifs is 1. The molecule has 2 aromatic heterocycles. The lowest BCUT2D eigenvalue weighted by molar-refractivity contribution is -0.129. The molecule has 0 unspecified atom stereocenters. The van der Waals surface area contributed by atoms with Crippen LogP contribution >= 0.6 is 27.3 Å². The molecule has 2 heterocycles. The van der Waals surface area contributed by atoms with Gasteiger partial charge in [0.1, 0.15) is 11.4 Å². The zero-order chi connectivity index (χ0) is 16.6. The molecule has 118 valence electrons. The van der Waals surface area contributed by atoms with Gasteiger partial charge in [0.2, 0.25) is 5.91 Å². The minimum absolute atomic E-state index is 0.00953. The molecule has 0 radical (unpaired) electrons. The highest BCUT2D eigenvalue weighted by Crippen LogP contribution is 2.31. The molecular weight excluding hydrogens is 378 g/mol. The topological polar surface area (TPSA) is 55.2 Å². The maximum Gasteiger partial charge on any atom is 0.263 e. The summed E-state index contributed by atoms with van der Waals surface area (Å²) in [5.74, 6) is -0.145. The summed E-state index contributed by atoms with van der Waals surface area (Å²) in [7, 11) is 3.33. The van der Waals surface area contributed by atoms with E-state index in [0.29, 0.717) is 10.2 Å². The molecule has 0 saturated heterocycles. The van der Waals surface area contributed by atoms with Crippen molar-refractivity contribution in [1.29, 1.82) is 0 Å². The number of carbonyl (C=O) groups excluding carboxylic acids is 1. The molecular formula is C16H14BrN3O2S. The quantitative estimate of drug-likeness (QED) is 0.689. The van der Waals surface area contributed by atoms with Crippen LogP contribution in [0.5, 0.6) is 0 Å². The number of halogens is 1. The summed E-state index contributed by atoms with van der Waals surface area (Å²) in [4.78, 5) is 31.1. The number of thiophene rings is 1. The van der Waals surface area contributed by atoms with Crippen molar-refractivity contribution in [3.05, 3.63) is 50.8 Å². The van der Waals surface area contributed by atoms with Gasteiger partial charge in [-0.25, -0.2) is 4.98 Å². The molecule has 0 bridgehead atoms. The van der Waals surface area contributed by atoms with Gasteiger partial charge in [0.05, 0.1) is 11.7 Å². The zero-order valence-corrected chi connectivity index (χ0v) is 15.0. The van der Waals surface area contributed by atoms with Gasteiger partial charge in [0.15, 0.2) is 0 Å². The lowest BCUT2D eigenvalue weighted by atomic mass is 10.1. The largest absolute Gasteiger partial charge is 0.347 e. The van der Waals surface area contributed by atoms with Crippen LogP contribution < -0.4 is 5.56 Å². The van der Waals surface area contributed by atoms with Crippen LogP contribution in [-0.2, 0) is 11.3 Å². The molecule has 7 heteroatoms. The second-order valence-electron chi connectivity index (χ2n) is 5.30. The fourth-order valence-corrected chi connectivity index (χ4v) is 3.38. The van der Waals surface area contributed by atoms with Crippen LogP contribution in [0.4, 0.5) is 0 Å². The predicted octanol–water partition coefficient (Wildman–Crippen LogP) is 2.98. The van der Waals surface area contributed by atoms with E-state index in [-0.39, 0.29) is 18.0 Å². The summed E-state index contributed by atoms with van der Waals surface area (Å²) in [6, 6.07) is 7.77. The lowest BCUT2D eigenvalue weighted by Crippen LogP contribution is -2.31. The highest BCUT2D eigenvalue weighted by molar-refractivity contribution is 9.10.